The molecule has 6 heteroatoms. The first-order valence-electron chi connectivity index (χ1n) is 5.99. The Bertz CT molecular complexity index is 264. The number of nitrogens with two attached hydrogens (primary N) is 1. The lowest BCUT2D eigenvalue weighted by atomic mass is 10.1. The second kappa shape index (κ2) is 5.71. The van der Waals surface area contributed by atoms with Crippen LogP contribution in [0.4, 0.5) is 13.2 Å². The molecular weight excluding hydrogens is 233 g/mol. The molecule has 1 rings (SSSR count). The highest BCUT2D eigenvalue weighted by Gasteiger charge is 2.49. The molecule has 0 aromatic rings. The van der Waals surface area contributed by atoms with Gasteiger partial charge in [-0.1, -0.05) is 6.92 Å². The zero-order valence-corrected chi connectivity index (χ0v) is 9.96. The van der Waals surface area contributed by atoms with E-state index in [1.807, 2.05) is 0 Å². The van der Waals surface area contributed by atoms with E-state index in [9.17, 15) is 18.0 Å². The van der Waals surface area contributed by atoms with Gasteiger partial charge >= 0.3 is 6.18 Å². The zero-order chi connectivity index (χ0) is 13.1. The molecule has 17 heavy (non-hydrogen) atoms. The maximum atomic E-state index is 12.9. The molecule has 1 saturated carbocycles. The third kappa shape index (κ3) is 3.87. The van der Waals surface area contributed by atoms with E-state index >= 15 is 0 Å². The van der Waals surface area contributed by atoms with Gasteiger partial charge in [0.15, 0.2) is 0 Å². The van der Waals surface area contributed by atoms with Crippen molar-refractivity contribution in [1.82, 2.24) is 4.90 Å². The van der Waals surface area contributed by atoms with Crippen molar-refractivity contribution >= 4 is 5.91 Å². The smallest absolute Gasteiger partial charge is 0.330 e. The molecular formula is C11H19F3N2O. The number of hydrogen-bond donors (Lipinski definition) is 1. The second-order valence-corrected chi connectivity index (χ2v) is 4.42. The van der Waals surface area contributed by atoms with Crippen LogP contribution in [0.25, 0.3) is 0 Å². The van der Waals surface area contributed by atoms with E-state index < -0.39 is 18.1 Å². The van der Waals surface area contributed by atoms with Crippen LogP contribution in [-0.2, 0) is 4.79 Å². The summed E-state index contributed by atoms with van der Waals surface area (Å²) in [6.45, 7) is 1.72. The van der Waals surface area contributed by atoms with Gasteiger partial charge in [-0.3, -0.25) is 4.79 Å². The van der Waals surface area contributed by atoms with Crippen LogP contribution in [0.5, 0.6) is 0 Å². The Morgan fingerprint density at radius 2 is 2.06 bits per heavy atom. The lowest BCUT2D eigenvalue weighted by molar-refractivity contribution is -0.192. The summed E-state index contributed by atoms with van der Waals surface area (Å²) < 4.78 is 38.7. The number of hydrogen-bond acceptors (Lipinski definition) is 2. The summed E-state index contributed by atoms with van der Waals surface area (Å²) in [7, 11) is 0. The van der Waals surface area contributed by atoms with E-state index in [0.29, 0.717) is 19.3 Å². The molecule has 1 amide bonds. The van der Waals surface area contributed by atoms with E-state index in [0.717, 1.165) is 4.90 Å². The molecule has 0 heterocycles. The van der Waals surface area contributed by atoms with Crippen molar-refractivity contribution in [3.05, 3.63) is 0 Å². The maximum Gasteiger partial charge on any atom is 0.408 e. The van der Waals surface area contributed by atoms with E-state index in [2.05, 4.69) is 0 Å². The Morgan fingerprint density at radius 3 is 2.41 bits per heavy atom. The van der Waals surface area contributed by atoms with E-state index in [1.165, 1.54) is 0 Å². The summed E-state index contributed by atoms with van der Waals surface area (Å²) >= 11 is 0. The molecule has 0 aromatic heterocycles. The van der Waals surface area contributed by atoms with Crippen LogP contribution < -0.4 is 5.73 Å². The first-order valence-corrected chi connectivity index (χ1v) is 5.99. The Labute approximate surface area is 99.1 Å². The summed E-state index contributed by atoms with van der Waals surface area (Å²) in [5.74, 6) is -0.397. The first-order chi connectivity index (χ1) is 7.91. The molecule has 1 aliphatic carbocycles. The molecule has 1 aliphatic rings. The van der Waals surface area contributed by atoms with Gasteiger partial charge in [0.1, 0.15) is 6.04 Å². The van der Waals surface area contributed by atoms with Gasteiger partial charge in [0.2, 0.25) is 5.91 Å². The average molecular weight is 252 g/mol. The van der Waals surface area contributed by atoms with Crippen molar-refractivity contribution in [2.24, 2.45) is 5.73 Å². The van der Waals surface area contributed by atoms with Crippen LogP contribution in [0, 0.1) is 0 Å². The molecule has 1 atom stereocenters. The molecule has 0 bridgehead atoms. The number of carbonyl (C=O) groups excluding carboxylic acids is 1. The van der Waals surface area contributed by atoms with Crippen LogP contribution in [-0.4, -0.2) is 35.6 Å². The molecule has 0 aromatic carbocycles. The second-order valence-electron chi connectivity index (χ2n) is 4.42. The molecule has 0 radical (unpaired) electrons. The van der Waals surface area contributed by atoms with Crippen molar-refractivity contribution < 1.29 is 18.0 Å². The van der Waals surface area contributed by atoms with Gasteiger partial charge < -0.3 is 10.6 Å². The molecule has 0 saturated heterocycles. The predicted octanol–water partition coefficient (Wildman–Crippen LogP) is 2.06. The molecule has 0 spiro atoms. The largest absolute Gasteiger partial charge is 0.408 e. The summed E-state index contributed by atoms with van der Waals surface area (Å²) in [6, 6.07) is -1.94. The monoisotopic (exact) mass is 252 g/mol. The molecule has 1 unspecified atom stereocenters. The molecule has 1 fully saturated rings. The number of halogens is 3. The number of nitrogens with zero attached hydrogens (tertiary/aromatic N) is 1. The minimum Gasteiger partial charge on any atom is -0.330 e. The quantitative estimate of drug-likeness (QED) is 0.786. The highest BCUT2D eigenvalue weighted by atomic mass is 19.4. The van der Waals surface area contributed by atoms with Crippen LogP contribution in [0.1, 0.15) is 39.0 Å². The fourth-order valence-corrected chi connectivity index (χ4v) is 1.95. The van der Waals surface area contributed by atoms with Crippen molar-refractivity contribution in [1.29, 1.82) is 0 Å². The van der Waals surface area contributed by atoms with E-state index in [-0.39, 0.29) is 25.4 Å². The lowest BCUT2D eigenvalue weighted by Crippen LogP contribution is -2.50. The number of alkyl halides is 3. The van der Waals surface area contributed by atoms with Crippen molar-refractivity contribution in [2.45, 2.75) is 57.3 Å². The Morgan fingerprint density at radius 1 is 1.47 bits per heavy atom. The maximum absolute atomic E-state index is 12.9. The Kier molecular flexibility index (Phi) is 4.80. The minimum absolute atomic E-state index is 0.0627. The van der Waals surface area contributed by atoms with Crippen LogP contribution in [0.15, 0.2) is 0 Å². The third-order valence-corrected chi connectivity index (χ3v) is 2.85. The van der Waals surface area contributed by atoms with Gasteiger partial charge in [-0.05, 0) is 32.2 Å². The van der Waals surface area contributed by atoms with Gasteiger partial charge in [0.25, 0.3) is 0 Å². The van der Waals surface area contributed by atoms with Gasteiger partial charge in [-0.15, -0.1) is 0 Å². The number of carbonyl (C=O) groups is 1. The Balaban J connectivity index is 2.81. The molecule has 2 N–H and O–H groups in total. The minimum atomic E-state index is -4.38. The highest BCUT2D eigenvalue weighted by Crippen LogP contribution is 2.36. The van der Waals surface area contributed by atoms with E-state index in [4.69, 9.17) is 5.73 Å². The fraction of sp³-hybridized carbons (Fsp3) is 0.909. The first kappa shape index (κ1) is 14.3. The standard InChI is InChI=1S/C11H19F3N2O/c1-2-3-10(17)16(8-4-5-8)9(6-7-15)11(12,13)14/h8-9H,2-7,15H2,1H3. The van der Waals surface area contributed by atoms with Gasteiger partial charge in [0, 0.05) is 12.5 Å². The van der Waals surface area contributed by atoms with Gasteiger partial charge in [-0.25, -0.2) is 0 Å². The molecule has 100 valence electrons. The lowest BCUT2D eigenvalue weighted by Gasteiger charge is -2.33. The third-order valence-electron chi connectivity index (χ3n) is 2.85. The summed E-state index contributed by atoms with van der Waals surface area (Å²) in [4.78, 5) is 12.8. The van der Waals surface area contributed by atoms with Crippen LogP contribution >= 0.6 is 0 Å². The molecule has 3 nitrogen and oxygen atoms in total. The molecule has 0 aliphatic heterocycles. The van der Waals surface area contributed by atoms with Crippen LogP contribution in [0.2, 0.25) is 0 Å². The summed E-state index contributed by atoms with van der Waals surface area (Å²) in [5, 5.41) is 0. The van der Waals surface area contributed by atoms with Gasteiger partial charge in [0.05, 0.1) is 0 Å². The summed E-state index contributed by atoms with van der Waals surface area (Å²) in [6.07, 6.45) is -2.51. The number of rotatable bonds is 6. The topological polar surface area (TPSA) is 46.3 Å². The summed E-state index contributed by atoms with van der Waals surface area (Å²) in [5.41, 5.74) is 5.22. The average Bonchev–Trinajstić information content (AvgIpc) is 3.00. The zero-order valence-electron chi connectivity index (χ0n) is 9.96. The highest BCUT2D eigenvalue weighted by molar-refractivity contribution is 5.77. The van der Waals surface area contributed by atoms with Crippen molar-refractivity contribution in [3.63, 3.8) is 0 Å². The predicted molar refractivity (Wildman–Crippen MR) is 58.3 cm³/mol. The normalized spacial score (nSPS) is 17.9. The van der Waals surface area contributed by atoms with Crippen molar-refractivity contribution in [3.8, 4) is 0 Å². The van der Waals surface area contributed by atoms with Crippen LogP contribution in [0.3, 0.4) is 0 Å². The Hall–Kier alpha value is -0.780. The number of amides is 1. The SMILES string of the molecule is CCCC(=O)N(C1CC1)C(CCN)C(F)(F)F. The van der Waals surface area contributed by atoms with E-state index in [1.54, 1.807) is 6.92 Å². The fourth-order valence-electron chi connectivity index (χ4n) is 1.95. The van der Waals surface area contributed by atoms with Gasteiger partial charge in [-0.2, -0.15) is 13.2 Å². The van der Waals surface area contributed by atoms with Crippen molar-refractivity contribution in [2.75, 3.05) is 6.54 Å².